The van der Waals surface area contributed by atoms with Gasteiger partial charge in [-0.3, -0.25) is 9.48 Å². The number of carbonyl (C=O) groups excluding carboxylic acids is 1. The number of nitrogens with zero attached hydrogens (tertiary/aromatic N) is 2. The Kier molecular flexibility index (Phi) is 2.99. The number of carbonyl (C=O) groups is 1. The summed E-state index contributed by atoms with van der Waals surface area (Å²) in [5, 5.41) is 8.11. The molecule has 1 heterocycles. The van der Waals surface area contributed by atoms with Crippen molar-refractivity contribution in [3.63, 3.8) is 0 Å². The quantitative estimate of drug-likeness (QED) is 0.773. The van der Waals surface area contributed by atoms with E-state index in [0.717, 1.165) is 22.2 Å². The first-order valence-electron chi connectivity index (χ1n) is 6.43. The summed E-state index contributed by atoms with van der Waals surface area (Å²) in [6.07, 6.45) is 1.79. The fourth-order valence-corrected chi connectivity index (χ4v) is 2.21. The molecule has 2 aromatic carbocycles. The van der Waals surface area contributed by atoms with E-state index in [4.69, 9.17) is 0 Å². The standard InChI is InChI=1S/C16H15N3O/c1-11-4-3-5-14(8-11)18-16(20)12-6-7-13-10-17-19(2)15(13)9-12/h3-10H,1-2H3,(H,18,20). The highest BCUT2D eigenvalue weighted by atomic mass is 16.1. The fraction of sp³-hybridized carbons (Fsp3) is 0.125. The topological polar surface area (TPSA) is 46.9 Å². The Bertz CT molecular complexity index is 789. The molecular weight excluding hydrogens is 250 g/mol. The Balaban J connectivity index is 1.90. The third-order valence-corrected chi connectivity index (χ3v) is 3.29. The lowest BCUT2D eigenvalue weighted by atomic mass is 10.1. The first kappa shape index (κ1) is 12.4. The Morgan fingerprint density at radius 2 is 2.05 bits per heavy atom. The first-order valence-corrected chi connectivity index (χ1v) is 6.43. The Labute approximate surface area is 117 Å². The molecule has 100 valence electrons. The van der Waals surface area contributed by atoms with Gasteiger partial charge in [0.25, 0.3) is 5.91 Å². The van der Waals surface area contributed by atoms with Crippen LogP contribution in [-0.4, -0.2) is 15.7 Å². The lowest BCUT2D eigenvalue weighted by Gasteiger charge is -2.06. The van der Waals surface area contributed by atoms with Crippen molar-refractivity contribution in [1.82, 2.24) is 9.78 Å². The van der Waals surface area contributed by atoms with Crippen LogP contribution in [0.15, 0.2) is 48.7 Å². The SMILES string of the molecule is Cc1cccc(NC(=O)c2ccc3cnn(C)c3c2)c1. The molecule has 0 bridgehead atoms. The summed E-state index contributed by atoms with van der Waals surface area (Å²) in [5.74, 6) is -0.112. The van der Waals surface area contributed by atoms with Crippen molar-refractivity contribution >= 4 is 22.5 Å². The Hall–Kier alpha value is -2.62. The van der Waals surface area contributed by atoms with Crippen molar-refractivity contribution in [1.29, 1.82) is 0 Å². The van der Waals surface area contributed by atoms with Gasteiger partial charge in [-0.05, 0) is 36.8 Å². The van der Waals surface area contributed by atoms with Gasteiger partial charge in [0.05, 0.1) is 11.7 Å². The van der Waals surface area contributed by atoms with E-state index in [1.165, 1.54) is 0 Å². The van der Waals surface area contributed by atoms with Gasteiger partial charge in [-0.15, -0.1) is 0 Å². The van der Waals surface area contributed by atoms with Crippen LogP contribution in [0.1, 0.15) is 15.9 Å². The summed E-state index contributed by atoms with van der Waals surface area (Å²) in [6.45, 7) is 2.00. The Morgan fingerprint density at radius 3 is 2.85 bits per heavy atom. The van der Waals surface area contributed by atoms with Crippen molar-refractivity contribution in [3.05, 3.63) is 59.8 Å². The average Bonchev–Trinajstić information content (AvgIpc) is 2.80. The van der Waals surface area contributed by atoms with Gasteiger partial charge in [-0.1, -0.05) is 18.2 Å². The summed E-state index contributed by atoms with van der Waals surface area (Å²) in [4.78, 5) is 12.3. The molecule has 3 aromatic rings. The van der Waals surface area contributed by atoms with Crippen LogP contribution in [0.2, 0.25) is 0 Å². The maximum Gasteiger partial charge on any atom is 0.255 e. The van der Waals surface area contributed by atoms with E-state index in [2.05, 4.69) is 10.4 Å². The van der Waals surface area contributed by atoms with Crippen LogP contribution in [-0.2, 0) is 7.05 Å². The number of anilines is 1. The number of aryl methyl sites for hydroxylation is 2. The molecule has 0 unspecified atom stereocenters. The number of nitrogens with one attached hydrogen (secondary N) is 1. The second-order valence-electron chi connectivity index (χ2n) is 4.87. The second kappa shape index (κ2) is 4.81. The highest BCUT2D eigenvalue weighted by Crippen LogP contribution is 2.17. The maximum absolute atomic E-state index is 12.3. The number of fused-ring (bicyclic) bond motifs is 1. The molecule has 3 rings (SSSR count). The molecule has 20 heavy (non-hydrogen) atoms. The van der Waals surface area contributed by atoms with Gasteiger partial charge in [-0.2, -0.15) is 5.10 Å². The van der Waals surface area contributed by atoms with E-state index in [-0.39, 0.29) is 5.91 Å². The molecule has 0 aliphatic carbocycles. The van der Waals surface area contributed by atoms with Crippen LogP contribution in [0.25, 0.3) is 10.9 Å². The van der Waals surface area contributed by atoms with Gasteiger partial charge in [0, 0.05) is 23.7 Å². The molecule has 0 fully saturated rings. The molecule has 0 saturated carbocycles. The number of benzene rings is 2. The number of hydrogen-bond donors (Lipinski definition) is 1. The number of aromatic nitrogens is 2. The number of hydrogen-bond acceptors (Lipinski definition) is 2. The molecular formula is C16H15N3O. The highest BCUT2D eigenvalue weighted by Gasteiger charge is 2.08. The number of amides is 1. The van der Waals surface area contributed by atoms with E-state index in [9.17, 15) is 4.79 Å². The van der Waals surface area contributed by atoms with Gasteiger partial charge < -0.3 is 5.32 Å². The van der Waals surface area contributed by atoms with Gasteiger partial charge in [-0.25, -0.2) is 0 Å². The summed E-state index contributed by atoms with van der Waals surface area (Å²) in [6, 6.07) is 13.3. The zero-order valence-corrected chi connectivity index (χ0v) is 11.4. The van der Waals surface area contributed by atoms with E-state index in [1.54, 1.807) is 10.9 Å². The monoisotopic (exact) mass is 265 g/mol. The van der Waals surface area contributed by atoms with Crippen molar-refractivity contribution in [2.24, 2.45) is 7.05 Å². The predicted octanol–water partition coefficient (Wildman–Crippen LogP) is 3.13. The lowest BCUT2D eigenvalue weighted by Crippen LogP contribution is -2.11. The third kappa shape index (κ3) is 2.28. The fourth-order valence-electron chi connectivity index (χ4n) is 2.21. The largest absolute Gasteiger partial charge is 0.322 e. The first-order chi connectivity index (χ1) is 9.63. The summed E-state index contributed by atoms with van der Waals surface area (Å²) in [5.41, 5.74) is 3.49. The van der Waals surface area contributed by atoms with E-state index < -0.39 is 0 Å². The van der Waals surface area contributed by atoms with Crippen LogP contribution in [0.4, 0.5) is 5.69 Å². The molecule has 4 nitrogen and oxygen atoms in total. The Morgan fingerprint density at radius 1 is 1.20 bits per heavy atom. The highest BCUT2D eigenvalue weighted by molar-refractivity contribution is 6.06. The third-order valence-electron chi connectivity index (χ3n) is 3.29. The molecule has 0 aliphatic rings. The van der Waals surface area contributed by atoms with E-state index in [1.807, 2.05) is 56.4 Å². The lowest BCUT2D eigenvalue weighted by molar-refractivity contribution is 0.102. The van der Waals surface area contributed by atoms with E-state index >= 15 is 0 Å². The minimum Gasteiger partial charge on any atom is -0.322 e. The zero-order valence-electron chi connectivity index (χ0n) is 11.4. The van der Waals surface area contributed by atoms with Crippen molar-refractivity contribution in [2.45, 2.75) is 6.92 Å². The minimum absolute atomic E-state index is 0.112. The minimum atomic E-state index is -0.112. The van der Waals surface area contributed by atoms with Crippen LogP contribution >= 0.6 is 0 Å². The maximum atomic E-state index is 12.3. The van der Waals surface area contributed by atoms with Gasteiger partial charge in [0.15, 0.2) is 0 Å². The summed E-state index contributed by atoms with van der Waals surface area (Å²) in [7, 11) is 1.87. The zero-order chi connectivity index (χ0) is 14.1. The van der Waals surface area contributed by atoms with Gasteiger partial charge >= 0.3 is 0 Å². The molecule has 4 heteroatoms. The van der Waals surface area contributed by atoms with Crippen LogP contribution < -0.4 is 5.32 Å². The van der Waals surface area contributed by atoms with Crippen molar-refractivity contribution < 1.29 is 4.79 Å². The predicted molar refractivity (Wildman–Crippen MR) is 79.8 cm³/mol. The molecule has 1 N–H and O–H groups in total. The summed E-state index contributed by atoms with van der Waals surface area (Å²) < 4.78 is 1.76. The van der Waals surface area contributed by atoms with Crippen LogP contribution in [0, 0.1) is 6.92 Å². The molecule has 0 saturated heterocycles. The molecule has 0 aliphatic heterocycles. The molecule has 0 spiro atoms. The molecule has 1 amide bonds. The van der Waals surface area contributed by atoms with Crippen LogP contribution in [0.3, 0.4) is 0 Å². The average molecular weight is 265 g/mol. The molecule has 0 radical (unpaired) electrons. The summed E-state index contributed by atoms with van der Waals surface area (Å²) >= 11 is 0. The van der Waals surface area contributed by atoms with E-state index in [0.29, 0.717) is 5.56 Å². The van der Waals surface area contributed by atoms with Crippen molar-refractivity contribution in [3.8, 4) is 0 Å². The van der Waals surface area contributed by atoms with Gasteiger partial charge in [0.2, 0.25) is 0 Å². The van der Waals surface area contributed by atoms with Crippen molar-refractivity contribution in [2.75, 3.05) is 5.32 Å². The molecule has 0 atom stereocenters. The normalized spacial score (nSPS) is 10.7. The van der Waals surface area contributed by atoms with Gasteiger partial charge in [0.1, 0.15) is 0 Å². The smallest absolute Gasteiger partial charge is 0.255 e. The van der Waals surface area contributed by atoms with Crippen LogP contribution in [0.5, 0.6) is 0 Å². The second-order valence-corrected chi connectivity index (χ2v) is 4.87. The molecule has 1 aromatic heterocycles. The number of rotatable bonds is 2.